The van der Waals surface area contributed by atoms with Crippen molar-refractivity contribution in [3.63, 3.8) is 0 Å². The van der Waals surface area contributed by atoms with Gasteiger partial charge in [0.05, 0.1) is 5.92 Å². The standard InChI is InChI=1S/C20H18BrN3O2S/c1-11-17(20(26)24-16-8-7-12(21)10-22-16)19(15-6-3-9-27-15)18-13(23-11)4-2-5-14(18)25/h3,6-10,19,23H,2,4-5H2,1H3,(H,22,24,26). The molecular formula is C20H18BrN3O2S. The lowest BCUT2D eigenvalue weighted by Crippen LogP contribution is -2.35. The molecule has 0 saturated carbocycles. The summed E-state index contributed by atoms with van der Waals surface area (Å²) in [5.41, 5.74) is 3.07. The molecule has 1 atom stereocenters. The smallest absolute Gasteiger partial charge is 0.255 e. The fourth-order valence-corrected chi connectivity index (χ4v) is 4.74. The van der Waals surface area contributed by atoms with Gasteiger partial charge in [-0.2, -0.15) is 0 Å². The number of anilines is 1. The Bertz CT molecular complexity index is 962. The molecule has 2 aliphatic rings. The normalized spacial score (nSPS) is 19.6. The molecule has 1 unspecified atom stereocenters. The van der Waals surface area contributed by atoms with Gasteiger partial charge in [-0.25, -0.2) is 4.98 Å². The quantitative estimate of drug-likeness (QED) is 0.731. The number of aromatic nitrogens is 1. The summed E-state index contributed by atoms with van der Waals surface area (Å²) in [6.45, 7) is 1.90. The average Bonchev–Trinajstić information content (AvgIpc) is 3.17. The van der Waals surface area contributed by atoms with E-state index in [1.807, 2.05) is 30.5 Å². The predicted octanol–water partition coefficient (Wildman–Crippen LogP) is 4.51. The summed E-state index contributed by atoms with van der Waals surface area (Å²) in [5, 5.41) is 8.17. The van der Waals surface area contributed by atoms with Crippen molar-refractivity contribution in [2.24, 2.45) is 0 Å². The van der Waals surface area contributed by atoms with E-state index in [-0.39, 0.29) is 17.6 Å². The molecule has 1 aliphatic heterocycles. The first-order valence-corrected chi connectivity index (χ1v) is 10.4. The lowest BCUT2D eigenvalue weighted by atomic mass is 9.77. The second-order valence-electron chi connectivity index (χ2n) is 6.60. The zero-order valence-corrected chi connectivity index (χ0v) is 17.1. The van der Waals surface area contributed by atoms with Crippen molar-refractivity contribution in [3.05, 3.63) is 67.7 Å². The number of pyridine rings is 1. The lowest BCUT2D eigenvalue weighted by molar-refractivity contribution is -0.116. The Kier molecular flexibility index (Phi) is 4.97. The second-order valence-corrected chi connectivity index (χ2v) is 8.49. The van der Waals surface area contributed by atoms with Crippen LogP contribution in [-0.4, -0.2) is 16.7 Å². The maximum absolute atomic E-state index is 13.2. The summed E-state index contributed by atoms with van der Waals surface area (Å²) in [4.78, 5) is 31.1. The third-order valence-corrected chi connectivity index (χ3v) is 6.22. The molecule has 138 valence electrons. The number of carbonyl (C=O) groups excluding carboxylic acids is 2. The minimum Gasteiger partial charge on any atom is -0.362 e. The first kappa shape index (κ1) is 18.1. The van der Waals surface area contributed by atoms with Crippen molar-refractivity contribution in [1.82, 2.24) is 10.3 Å². The first-order valence-electron chi connectivity index (χ1n) is 8.75. The van der Waals surface area contributed by atoms with E-state index in [1.165, 1.54) is 0 Å². The number of rotatable bonds is 3. The Labute approximate surface area is 169 Å². The molecule has 0 radical (unpaired) electrons. The molecule has 2 aromatic heterocycles. The molecule has 7 heteroatoms. The fraction of sp³-hybridized carbons (Fsp3) is 0.250. The molecule has 27 heavy (non-hydrogen) atoms. The molecule has 5 nitrogen and oxygen atoms in total. The average molecular weight is 444 g/mol. The van der Waals surface area contributed by atoms with Gasteiger partial charge in [0.1, 0.15) is 5.82 Å². The molecule has 0 fully saturated rings. The number of thiophene rings is 1. The van der Waals surface area contributed by atoms with Crippen molar-refractivity contribution in [2.45, 2.75) is 32.1 Å². The summed E-state index contributed by atoms with van der Waals surface area (Å²) < 4.78 is 0.842. The van der Waals surface area contributed by atoms with E-state index in [4.69, 9.17) is 0 Å². The first-order chi connectivity index (χ1) is 13.0. The summed E-state index contributed by atoms with van der Waals surface area (Å²) in [6, 6.07) is 7.51. The summed E-state index contributed by atoms with van der Waals surface area (Å²) in [7, 11) is 0. The van der Waals surface area contributed by atoms with Gasteiger partial charge in [0, 0.05) is 44.5 Å². The van der Waals surface area contributed by atoms with Crippen LogP contribution in [0.25, 0.3) is 0 Å². The summed E-state index contributed by atoms with van der Waals surface area (Å²) >= 11 is 4.91. The molecule has 0 bridgehead atoms. The SMILES string of the molecule is CC1=C(C(=O)Nc2ccc(Br)cn2)C(c2cccs2)C2=C(CCCC2=O)N1. The molecule has 3 heterocycles. The molecule has 1 amide bonds. The van der Waals surface area contributed by atoms with E-state index in [2.05, 4.69) is 31.5 Å². The number of halogens is 1. The van der Waals surface area contributed by atoms with Crippen LogP contribution in [0, 0.1) is 0 Å². The zero-order valence-electron chi connectivity index (χ0n) is 14.7. The van der Waals surface area contributed by atoms with Gasteiger partial charge < -0.3 is 10.6 Å². The van der Waals surface area contributed by atoms with Crippen LogP contribution < -0.4 is 10.6 Å². The van der Waals surface area contributed by atoms with Crippen molar-refractivity contribution in [2.75, 3.05) is 5.32 Å². The van der Waals surface area contributed by atoms with Gasteiger partial charge in [0.2, 0.25) is 0 Å². The maximum Gasteiger partial charge on any atom is 0.255 e. The number of dihydropyridines is 1. The monoisotopic (exact) mass is 443 g/mol. The second kappa shape index (κ2) is 7.40. The van der Waals surface area contributed by atoms with Crippen LogP contribution in [0.2, 0.25) is 0 Å². The van der Waals surface area contributed by atoms with Crippen molar-refractivity contribution in [1.29, 1.82) is 0 Å². The Morgan fingerprint density at radius 1 is 1.33 bits per heavy atom. The van der Waals surface area contributed by atoms with E-state index in [1.54, 1.807) is 23.6 Å². The number of hydrogen-bond donors (Lipinski definition) is 2. The zero-order chi connectivity index (χ0) is 19.0. The summed E-state index contributed by atoms with van der Waals surface area (Å²) in [6.07, 6.45) is 3.85. The highest BCUT2D eigenvalue weighted by molar-refractivity contribution is 9.10. The van der Waals surface area contributed by atoms with Crippen molar-refractivity contribution < 1.29 is 9.59 Å². The summed E-state index contributed by atoms with van der Waals surface area (Å²) in [5.74, 6) is 0.0348. The largest absolute Gasteiger partial charge is 0.362 e. The number of ketones is 1. The minimum absolute atomic E-state index is 0.127. The van der Waals surface area contributed by atoms with Crippen LogP contribution in [0.4, 0.5) is 5.82 Å². The van der Waals surface area contributed by atoms with Gasteiger partial charge in [-0.15, -0.1) is 11.3 Å². The molecule has 0 saturated heterocycles. The van der Waals surface area contributed by atoms with Crippen molar-refractivity contribution >= 4 is 44.8 Å². The van der Waals surface area contributed by atoms with Gasteiger partial charge in [-0.05, 0) is 59.3 Å². The number of nitrogens with zero attached hydrogens (tertiary/aromatic N) is 1. The van der Waals surface area contributed by atoms with E-state index in [0.29, 0.717) is 17.8 Å². The Morgan fingerprint density at radius 2 is 2.19 bits per heavy atom. The van der Waals surface area contributed by atoms with Gasteiger partial charge in [-0.3, -0.25) is 9.59 Å². The Balaban J connectivity index is 1.74. The number of carbonyl (C=O) groups is 2. The molecule has 0 aromatic carbocycles. The molecule has 2 aromatic rings. The molecule has 4 rings (SSSR count). The third-order valence-electron chi connectivity index (χ3n) is 4.82. The number of amides is 1. The topological polar surface area (TPSA) is 71.1 Å². The number of nitrogens with one attached hydrogen (secondary N) is 2. The van der Waals surface area contributed by atoms with E-state index in [9.17, 15) is 9.59 Å². The van der Waals surface area contributed by atoms with Crippen LogP contribution in [-0.2, 0) is 9.59 Å². The highest BCUT2D eigenvalue weighted by Crippen LogP contribution is 2.43. The molecular weight excluding hydrogens is 426 g/mol. The van der Waals surface area contributed by atoms with Gasteiger partial charge >= 0.3 is 0 Å². The van der Waals surface area contributed by atoms with E-state index >= 15 is 0 Å². The lowest BCUT2D eigenvalue weighted by Gasteiger charge is -2.33. The molecule has 1 aliphatic carbocycles. The van der Waals surface area contributed by atoms with Crippen molar-refractivity contribution in [3.8, 4) is 0 Å². The predicted molar refractivity (Wildman–Crippen MR) is 109 cm³/mol. The van der Waals surface area contributed by atoms with Crippen LogP contribution in [0.1, 0.15) is 37.0 Å². The fourth-order valence-electron chi connectivity index (χ4n) is 3.66. The van der Waals surface area contributed by atoms with Gasteiger partial charge in [-0.1, -0.05) is 6.07 Å². The highest BCUT2D eigenvalue weighted by atomic mass is 79.9. The van der Waals surface area contributed by atoms with Gasteiger partial charge in [0.25, 0.3) is 5.91 Å². The number of allylic oxidation sites excluding steroid dienone is 3. The Hall–Kier alpha value is -2.25. The van der Waals surface area contributed by atoms with Crippen LogP contribution in [0.3, 0.4) is 0 Å². The van der Waals surface area contributed by atoms with Crippen LogP contribution >= 0.6 is 27.3 Å². The molecule has 0 spiro atoms. The van der Waals surface area contributed by atoms with Gasteiger partial charge in [0.15, 0.2) is 5.78 Å². The van der Waals surface area contributed by atoms with E-state index in [0.717, 1.165) is 39.2 Å². The third kappa shape index (κ3) is 3.49. The Morgan fingerprint density at radius 3 is 2.89 bits per heavy atom. The van der Waals surface area contributed by atoms with Crippen LogP contribution in [0.15, 0.2) is 62.9 Å². The minimum atomic E-state index is -0.329. The highest BCUT2D eigenvalue weighted by Gasteiger charge is 2.38. The number of Topliss-reactive ketones (excluding diaryl/α,β-unsaturated/α-hetero) is 1. The van der Waals surface area contributed by atoms with Crippen LogP contribution in [0.5, 0.6) is 0 Å². The van der Waals surface area contributed by atoms with E-state index < -0.39 is 0 Å². The number of hydrogen-bond acceptors (Lipinski definition) is 5. The molecule has 2 N–H and O–H groups in total. The maximum atomic E-state index is 13.2.